The molecule has 0 radical (unpaired) electrons. The van der Waals surface area contributed by atoms with E-state index in [-0.39, 0.29) is 5.92 Å². The van der Waals surface area contributed by atoms with Crippen LogP contribution in [0.4, 0.5) is 0 Å². The number of carbonyl (C=O) groups is 1. The molecule has 0 spiro atoms. The van der Waals surface area contributed by atoms with Crippen molar-refractivity contribution in [3.05, 3.63) is 0 Å². The number of unbranched alkanes of at least 4 members (excludes halogenated alkanes) is 11. The Kier molecular flexibility index (Phi) is 15.5. The third kappa shape index (κ3) is 14.2. The van der Waals surface area contributed by atoms with Crippen LogP contribution in [0.3, 0.4) is 0 Å². The normalized spacial score (nSPS) is 12.5. The molecular weight excluding hydrogens is 260 g/mol. The lowest BCUT2D eigenvalue weighted by Gasteiger charge is -2.10. The lowest BCUT2D eigenvalue weighted by atomic mass is 9.96. The molecule has 126 valence electrons. The molecule has 1 atom stereocenters. The van der Waals surface area contributed by atoms with Crippen molar-refractivity contribution in [3.63, 3.8) is 0 Å². The fourth-order valence-corrected chi connectivity index (χ4v) is 2.97. The molecule has 0 fully saturated rings. The molecule has 0 saturated carbocycles. The van der Waals surface area contributed by atoms with Crippen molar-refractivity contribution in [1.29, 1.82) is 0 Å². The maximum Gasteiger partial charge on any atom is 0.306 e. The van der Waals surface area contributed by atoms with Gasteiger partial charge < -0.3 is 5.11 Å². The number of carboxylic acids is 1. The molecule has 0 rings (SSSR count). The summed E-state index contributed by atoms with van der Waals surface area (Å²) in [6.07, 6.45) is 18.8. The van der Waals surface area contributed by atoms with Gasteiger partial charge in [0, 0.05) is 0 Å². The zero-order valence-electron chi connectivity index (χ0n) is 14.5. The Morgan fingerprint density at radius 1 is 0.667 bits per heavy atom. The Morgan fingerprint density at radius 2 is 1.10 bits per heavy atom. The second-order valence-corrected chi connectivity index (χ2v) is 6.50. The van der Waals surface area contributed by atoms with E-state index < -0.39 is 5.97 Å². The lowest BCUT2D eigenvalue weighted by Crippen LogP contribution is -2.13. The first kappa shape index (κ1) is 20.5. The van der Waals surface area contributed by atoms with Crippen LogP contribution in [-0.4, -0.2) is 11.1 Å². The van der Waals surface area contributed by atoms with E-state index in [4.69, 9.17) is 5.11 Å². The Bertz CT molecular complexity index is 226. The maximum atomic E-state index is 11.0. The van der Waals surface area contributed by atoms with Gasteiger partial charge in [-0.2, -0.15) is 0 Å². The molecule has 0 aromatic rings. The number of carboxylic acid groups (broad SMARTS) is 1. The summed E-state index contributed by atoms with van der Waals surface area (Å²) in [5, 5.41) is 9.08. The number of rotatable bonds is 16. The summed E-state index contributed by atoms with van der Waals surface area (Å²) >= 11 is 0. The van der Waals surface area contributed by atoms with Crippen LogP contribution in [0.1, 0.15) is 110 Å². The van der Waals surface area contributed by atoms with E-state index in [1.165, 1.54) is 70.6 Å². The minimum absolute atomic E-state index is 0.0990. The van der Waals surface area contributed by atoms with Gasteiger partial charge in [-0.25, -0.2) is 0 Å². The minimum atomic E-state index is -0.597. The summed E-state index contributed by atoms with van der Waals surface area (Å²) < 4.78 is 0. The molecule has 0 bridgehead atoms. The monoisotopic (exact) mass is 298 g/mol. The summed E-state index contributed by atoms with van der Waals surface area (Å²) in [5.74, 6) is -0.696. The average Bonchev–Trinajstić information content (AvgIpc) is 2.47. The van der Waals surface area contributed by atoms with Gasteiger partial charge in [0.1, 0.15) is 0 Å². The van der Waals surface area contributed by atoms with E-state index in [9.17, 15) is 4.79 Å². The molecule has 2 nitrogen and oxygen atoms in total. The van der Waals surface area contributed by atoms with Crippen LogP contribution in [0.5, 0.6) is 0 Å². The quantitative estimate of drug-likeness (QED) is 0.327. The first-order valence-corrected chi connectivity index (χ1v) is 9.45. The maximum absolute atomic E-state index is 11.0. The fraction of sp³-hybridized carbons (Fsp3) is 0.947. The number of aliphatic carboxylic acids is 1. The highest BCUT2D eigenvalue weighted by atomic mass is 16.4. The van der Waals surface area contributed by atoms with Crippen molar-refractivity contribution < 1.29 is 9.90 Å². The zero-order chi connectivity index (χ0) is 15.8. The summed E-state index contributed by atoms with van der Waals surface area (Å²) in [6.45, 7) is 4.33. The Hall–Kier alpha value is -0.530. The molecule has 0 aliphatic heterocycles. The summed E-state index contributed by atoms with van der Waals surface area (Å²) in [4.78, 5) is 11.0. The van der Waals surface area contributed by atoms with E-state index in [1.807, 2.05) is 0 Å². The number of hydrogen-bond acceptors (Lipinski definition) is 1. The second kappa shape index (κ2) is 15.9. The Labute approximate surface area is 132 Å². The van der Waals surface area contributed by atoms with Crippen molar-refractivity contribution in [3.8, 4) is 0 Å². The van der Waals surface area contributed by atoms with Crippen molar-refractivity contribution in [2.75, 3.05) is 0 Å². The first-order valence-electron chi connectivity index (χ1n) is 9.45. The van der Waals surface area contributed by atoms with Gasteiger partial charge in [-0.3, -0.25) is 4.79 Å². The minimum Gasteiger partial charge on any atom is -0.481 e. The van der Waals surface area contributed by atoms with Crippen molar-refractivity contribution in [1.82, 2.24) is 0 Å². The molecule has 0 amide bonds. The molecule has 0 heterocycles. The summed E-state index contributed by atoms with van der Waals surface area (Å²) in [7, 11) is 0. The standard InChI is InChI=1S/C19H38O2/c1-3-5-6-7-8-9-10-11-12-13-14-15-17-18(16-4-2)19(20)21/h18H,3-17H2,1-2H3,(H,20,21). The van der Waals surface area contributed by atoms with E-state index in [0.29, 0.717) is 0 Å². The molecule has 0 saturated heterocycles. The van der Waals surface area contributed by atoms with Crippen LogP contribution in [0.15, 0.2) is 0 Å². The highest BCUT2D eigenvalue weighted by Gasteiger charge is 2.15. The van der Waals surface area contributed by atoms with Crippen LogP contribution >= 0.6 is 0 Å². The largest absolute Gasteiger partial charge is 0.481 e. The fourth-order valence-electron chi connectivity index (χ4n) is 2.97. The predicted molar refractivity (Wildman–Crippen MR) is 91.7 cm³/mol. The Balaban J connectivity index is 3.23. The Morgan fingerprint density at radius 3 is 1.48 bits per heavy atom. The van der Waals surface area contributed by atoms with E-state index >= 15 is 0 Å². The number of hydrogen-bond donors (Lipinski definition) is 1. The lowest BCUT2D eigenvalue weighted by molar-refractivity contribution is -0.142. The molecule has 1 unspecified atom stereocenters. The van der Waals surface area contributed by atoms with E-state index in [0.717, 1.165) is 25.7 Å². The summed E-state index contributed by atoms with van der Waals surface area (Å²) in [6, 6.07) is 0. The van der Waals surface area contributed by atoms with E-state index in [2.05, 4.69) is 13.8 Å². The van der Waals surface area contributed by atoms with Crippen LogP contribution in [0.2, 0.25) is 0 Å². The topological polar surface area (TPSA) is 37.3 Å². The zero-order valence-corrected chi connectivity index (χ0v) is 14.5. The third-order valence-electron chi connectivity index (χ3n) is 4.39. The molecule has 1 N–H and O–H groups in total. The highest BCUT2D eigenvalue weighted by Crippen LogP contribution is 2.17. The van der Waals surface area contributed by atoms with Gasteiger partial charge in [-0.1, -0.05) is 97.3 Å². The van der Waals surface area contributed by atoms with Gasteiger partial charge in [0.25, 0.3) is 0 Å². The van der Waals surface area contributed by atoms with Gasteiger partial charge in [-0.05, 0) is 12.8 Å². The van der Waals surface area contributed by atoms with Gasteiger partial charge in [0.15, 0.2) is 0 Å². The summed E-state index contributed by atoms with van der Waals surface area (Å²) in [5.41, 5.74) is 0. The van der Waals surface area contributed by atoms with Gasteiger partial charge in [-0.15, -0.1) is 0 Å². The van der Waals surface area contributed by atoms with Crippen molar-refractivity contribution in [2.45, 2.75) is 110 Å². The first-order chi connectivity index (χ1) is 10.2. The highest BCUT2D eigenvalue weighted by molar-refractivity contribution is 5.69. The third-order valence-corrected chi connectivity index (χ3v) is 4.39. The SMILES string of the molecule is CCCCCCCCCCCCCCC(CCC)C(=O)O. The second-order valence-electron chi connectivity index (χ2n) is 6.50. The van der Waals surface area contributed by atoms with Gasteiger partial charge >= 0.3 is 5.97 Å². The average molecular weight is 299 g/mol. The van der Waals surface area contributed by atoms with Crippen LogP contribution in [-0.2, 0) is 4.79 Å². The molecule has 2 heteroatoms. The molecule has 0 aliphatic carbocycles. The molecule has 0 aliphatic rings. The van der Waals surface area contributed by atoms with Gasteiger partial charge in [0.2, 0.25) is 0 Å². The van der Waals surface area contributed by atoms with Crippen LogP contribution < -0.4 is 0 Å². The smallest absolute Gasteiger partial charge is 0.306 e. The van der Waals surface area contributed by atoms with Crippen molar-refractivity contribution in [2.24, 2.45) is 5.92 Å². The predicted octanol–water partition coefficient (Wildman–Crippen LogP) is 6.58. The molecular formula is C19H38O2. The molecule has 0 aromatic heterocycles. The van der Waals surface area contributed by atoms with Crippen LogP contribution in [0.25, 0.3) is 0 Å². The molecule has 0 aromatic carbocycles. The van der Waals surface area contributed by atoms with Crippen LogP contribution in [0, 0.1) is 5.92 Å². The van der Waals surface area contributed by atoms with E-state index in [1.54, 1.807) is 0 Å². The van der Waals surface area contributed by atoms with Gasteiger partial charge in [0.05, 0.1) is 5.92 Å². The van der Waals surface area contributed by atoms with Crippen molar-refractivity contribution >= 4 is 5.97 Å². The molecule has 21 heavy (non-hydrogen) atoms.